The maximum Gasteiger partial charge on any atom is 0.0410 e. The van der Waals surface area contributed by atoms with Gasteiger partial charge in [-0.05, 0) is 30.5 Å². The van der Waals surface area contributed by atoms with E-state index in [1.54, 1.807) is 0 Å². The lowest BCUT2D eigenvalue weighted by Crippen LogP contribution is -2.32. The molecule has 2 N–H and O–H groups in total. The average Bonchev–Trinajstić information content (AvgIpc) is 2.55. The molecular weight excluding hydrogens is 184 g/mol. The van der Waals surface area contributed by atoms with Crippen molar-refractivity contribution >= 4 is 12.4 Å². The highest BCUT2D eigenvalue weighted by Gasteiger charge is 2.30. The topological polar surface area (TPSA) is 38.9 Å². The second-order valence-electron chi connectivity index (χ2n) is 3.60. The molecule has 1 aromatic heterocycles. The number of halogens is 1. The van der Waals surface area contributed by atoms with E-state index in [4.69, 9.17) is 5.73 Å². The molecule has 0 atom stereocenters. The van der Waals surface area contributed by atoms with Crippen molar-refractivity contribution in [3.05, 3.63) is 30.1 Å². The van der Waals surface area contributed by atoms with Gasteiger partial charge in [0.2, 0.25) is 0 Å². The second-order valence-corrected chi connectivity index (χ2v) is 3.60. The quantitative estimate of drug-likeness (QED) is 0.752. The van der Waals surface area contributed by atoms with E-state index >= 15 is 0 Å². The van der Waals surface area contributed by atoms with Crippen molar-refractivity contribution in [2.24, 2.45) is 5.73 Å². The van der Waals surface area contributed by atoms with Crippen LogP contribution in [0.2, 0.25) is 0 Å². The lowest BCUT2D eigenvalue weighted by atomic mass is 9.90. The van der Waals surface area contributed by atoms with E-state index in [1.807, 2.05) is 24.5 Å². The monoisotopic (exact) mass is 198 g/mol. The molecule has 0 saturated heterocycles. The molecule has 13 heavy (non-hydrogen) atoms. The molecule has 1 aliphatic rings. The summed E-state index contributed by atoms with van der Waals surface area (Å²) in [7, 11) is 0. The van der Waals surface area contributed by atoms with Crippen molar-refractivity contribution in [1.82, 2.24) is 4.98 Å². The molecule has 0 spiro atoms. The number of aromatic nitrogens is 1. The molecule has 1 fully saturated rings. The Morgan fingerprint density at radius 2 is 1.69 bits per heavy atom. The van der Waals surface area contributed by atoms with Crippen LogP contribution in [-0.2, 0) is 5.54 Å². The van der Waals surface area contributed by atoms with Crippen LogP contribution in [0, 0.1) is 0 Å². The van der Waals surface area contributed by atoms with Crippen LogP contribution >= 0.6 is 12.4 Å². The molecular formula is C10H15ClN2. The fourth-order valence-corrected chi connectivity index (χ4v) is 1.98. The Bertz CT molecular complexity index is 255. The molecule has 0 radical (unpaired) electrons. The van der Waals surface area contributed by atoms with Gasteiger partial charge in [-0.2, -0.15) is 0 Å². The van der Waals surface area contributed by atoms with Gasteiger partial charge < -0.3 is 5.73 Å². The standard InChI is InChI=1S/C10H14N2.ClH/c11-10(5-1-2-6-10)9-3-7-12-8-4-9;/h3-4,7-8H,1-2,5-6,11H2;1H. The summed E-state index contributed by atoms with van der Waals surface area (Å²) in [6.45, 7) is 0. The molecule has 0 amide bonds. The largest absolute Gasteiger partial charge is 0.321 e. The first-order chi connectivity index (χ1) is 5.81. The molecule has 72 valence electrons. The van der Waals surface area contributed by atoms with E-state index < -0.39 is 0 Å². The first kappa shape index (κ1) is 10.5. The molecule has 0 aromatic carbocycles. The predicted octanol–water partition coefficient (Wildman–Crippen LogP) is 2.23. The summed E-state index contributed by atoms with van der Waals surface area (Å²) in [6.07, 6.45) is 8.41. The van der Waals surface area contributed by atoms with Gasteiger partial charge in [-0.15, -0.1) is 12.4 Å². The van der Waals surface area contributed by atoms with Crippen LogP contribution in [-0.4, -0.2) is 4.98 Å². The van der Waals surface area contributed by atoms with Crippen LogP contribution in [0.5, 0.6) is 0 Å². The second kappa shape index (κ2) is 4.07. The lowest BCUT2D eigenvalue weighted by Gasteiger charge is -2.23. The van der Waals surface area contributed by atoms with Crippen molar-refractivity contribution in [3.8, 4) is 0 Å². The third-order valence-corrected chi connectivity index (χ3v) is 2.75. The third kappa shape index (κ3) is 2.01. The first-order valence-electron chi connectivity index (χ1n) is 4.51. The SMILES string of the molecule is Cl.NC1(c2ccncc2)CCCC1. The summed E-state index contributed by atoms with van der Waals surface area (Å²) < 4.78 is 0. The van der Waals surface area contributed by atoms with Crippen molar-refractivity contribution in [2.75, 3.05) is 0 Å². The minimum atomic E-state index is -0.0526. The first-order valence-corrected chi connectivity index (χ1v) is 4.51. The molecule has 0 aliphatic heterocycles. The summed E-state index contributed by atoms with van der Waals surface area (Å²) in [5.41, 5.74) is 7.45. The summed E-state index contributed by atoms with van der Waals surface area (Å²) in [6, 6.07) is 4.07. The molecule has 3 heteroatoms. The number of pyridine rings is 1. The van der Waals surface area contributed by atoms with Gasteiger partial charge in [0.15, 0.2) is 0 Å². The van der Waals surface area contributed by atoms with E-state index in [-0.39, 0.29) is 17.9 Å². The Hall–Kier alpha value is -0.600. The van der Waals surface area contributed by atoms with E-state index in [2.05, 4.69) is 4.98 Å². The molecule has 1 heterocycles. The maximum absolute atomic E-state index is 6.25. The Morgan fingerprint density at radius 3 is 2.23 bits per heavy atom. The molecule has 0 unspecified atom stereocenters. The highest BCUT2D eigenvalue weighted by molar-refractivity contribution is 5.85. The minimum Gasteiger partial charge on any atom is -0.321 e. The van der Waals surface area contributed by atoms with E-state index in [1.165, 1.54) is 18.4 Å². The molecule has 2 rings (SSSR count). The van der Waals surface area contributed by atoms with Crippen molar-refractivity contribution in [1.29, 1.82) is 0 Å². The van der Waals surface area contributed by atoms with E-state index in [0.717, 1.165) is 12.8 Å². The van der Waals surface area contributed by atoms with Crippen molar-refractivity contribution in [3.63, 3.8) is 0 Å². The molecule has 1 aliphatic carbocycles. The zero-order valence-corrected chi connectivity index (χ0v) is 8.39. The van der Waals surface area contributed by atoms with E-state index in [0.29, 0.717) is 0 Å². The van der Waals surface area contributed by atoms with Crippen molar-refractivity contribution in [2.45, 2.75) is 31.2 Å². The molecule has 0 bridgehead atoms. The zero-order chi connectivity index (χ0) is 8.44. The Balaban J connectivity index is 0.000000845. The minimum absolute atomic E-state index is 0. The zero-order valence-electron chi connectivity index (χ0n) is 7.57. The van der Waals surface area contributed by atoms with Gasteiger partial charge in [-0.25, -0.2) is 0 Å². The summed E-state index contributed by atoms with van der Waals surface area (Å²) >= 11 is 0. The van der Waals surface area contributed by atoms with Gasteiger partial charge in [0, 0.05) is 17.9 Å². The Kier molecular flexibility index (Phi) is 3.28. The number of rotatable bonds is 1. The Morgan fingerprint density at radius 1 is 1.15 bits per heavy atom. The summed E-state index contributed by atoms with van der Waals surface area (Å²) in [5.74, 6) is 0. The fourth-order valence-electron chi connectivity index (χ4n) is 1.98. The fraction of sp³-hybridized carbons (Fsp3) is 0.500. The summed E-state index contributed by atoms with van der Waals surface area (Å²) in [4.78, 5) is 3.99. The van der Waals surface area contributed by atoms with Gasteiger partial charge in [0.05, 0.1) is 0 Å². The average molecular weight is 199 g/mol. The predicted molar refractivity (Wildman–Crippen MR) is 55.8 cm³/mol. The van der Waals surface area contributed by atoms with Crippen LogP contribution in [0.15, 0.2) is 24.5 Å². The van der Waals surface area contributed by atoms with Crippen LogP contribution in [0.1, 0.15) is 31.2 Å². The number of nitrogens with two attached hydrogens (primary N) is 1. The maximum atomic E-state index is 6.25. The number of nitrogens with zero attached hydrogens (tertiary/aromatic N) is 1. The van der Waals surface area contributed by atoms with Gasteiger partial charge in [-0.1, -0.05) is 12.8 Å². The summed E-state index contributed by atoms with van der Waals surface area (Å²) in [5, 5.41) is 0. The highest BCUT2D eigenvalue weighted by Crippen LogP contribution is 2.35. The van der Waals surface area contributed by atoms with Crippen LogP contribution in [0.4, 0.5) is 0 Å². The highest BCUT2D eigenvalue weighted by atomic mass is 35.5. The molecule has 1 saturated carbocycles. The van der Waals surface area contributed by atoms with Crippen LogP contribution in [0.3, 0.4) is 0 Å². The van der Waals surface area contributed by atoms with Gasteiger partial charge >= 0.3 is 0 Å². The van der Waals surface area contributed by atoms with Crippen LogP contribution < -0.4 is 5.73 Å². The lowest BCUT2D eigenvalue weighted by molar-refractivity contribution is 0.461. The third-order valence-electron chi connectivity index (χ3n) is 2.75. The van der Waals surface area contributed by atoms with Gasteiger partial charge in [0.1, 0.15) is 0 Å². The smallest absolute Gasteiger partial charge is 0.0410 e. The molecule has 2 nitrogen and oxygen atoms in total. The van der Waals surface area contributed by atoms with Crippen molar-refractivity contribution < 1.29 is 0 Å². The van der Waals surface area contributed by atoms with Gasteiger partial charge in [0.25, 0.3) is 0 Å². The normalized spacial score (nSPS) is 19.5. The number of hydrogen-bond acceptors (Lipinski definition) is 2. The van der Waals surface area contributed by atoms with Gasteiger partial charge in [-0.3, -0.25) is 4.98 Å². The number of hydrogen-bond donors (Lipinski definition) is 1. The Labute approximate surface area is 85.0 Å². The van der Waals surface area contributed by atoms with E-state index in [9.17, 15) is 0 Å². The molecule has 1 aromatic rings. The van der Waals surface area contributed by atoms with Crippen LogP contribution in [0.25, 0.3) is 0 Å².